The molecule has 0 radical (unpaired) electrons. The summed E-state index contributed by atoms with van der Waals surface area (Å²) >= 11 is 0. The average Bonchev–Trinajstić information content (AvgIpc) is 2.53. The van der Waals surface area contributed by atoms with E-state index in [1.54, 1.807) is 31.2 Å². The highest BCUT2D eigenvalue weighted by atomic mass is 19.1. The van der Waals surface area contributed by atoms with Crippen LogP contribution in [0.25, 0.3) is 0 Å². The molecule has 126 valence electrons. The Balaban J connectivity index is 1.81. The number of carbonyl (C=O) groups excluding carboxylic acids is 2. The minimum absolute atomic E-state index is 0.165. The average molecular weight is 333 g/mol. The highest BCUT2D eigenvalue weighted by Gasteiger charge is 2.14. The molecule has 0 aliphatic rings. The lowest BCUT2D eigenvalue weighted by Gasteiger charge is -2.15. The van der Waals surface area contributed by atoms with Crippen molar-refractivity contribution in [1.82, 2.24) is 10.6 Å². The topological polar surface area (TPSA) is 70.2 Å². The van der Waals surface area contributed by atoms with Gasteiger partial charge in [-0.3, -0.25) is 4.79 Å². The minimum Gasteiger partial charge on any atom is -0.348 e. The maximum absolute atomic E-state index is 13.6. The number of para-hydroxylation sites is 1. The fourth-order valence-electron chi connectivity index (χ4n) is 2.08. The Kier molecular flexibility index (Phi) is 5.83. The molecule has 3 N–H and O–H groups in total. The molecule has 1 atom stereocenters. The lowest BCUT2D eigenvalue weighted by atomic mass is 10.1. The van der Waals surface area contributed by atoms with Gasteiger partial charge < -0.3 is 16.0 Å². The van der Waals surface area contributed by atoms with Gasteiger partial charge in [0.1, 0.15) is 11.6 Å². The van der Waals surface area contributed by atoms with Gasteiger partial charge in [0, 0.05) is 17.3 Å². The fraction of sp³-hybridized carbons (Fsp3) is 0.176. The van der Waals surface area contributed by atoms with Gasteiger partial charge in [-0.15, -0.1) is 0 Å². The molecule has 0 spiro atoms. The second-order valence-corrected chi connectivity index (χ2v) is 5.13. The molecular weight excluding hydrogens is 316 g/mol. The maximum atomic E-state index is 13.6. The van der Waals surface area contributed by atoms with Crippen molar-refractivity contribution < 1.29 is 18.4 Å². The van der Waals surface area contributed by atoms with Gasteiger partial charge in [-0.05, 0) is 25.1 Å². The van der Waals surface area contributed by atoms with Crippen molar-refractivity contribution in [3.63, 3.8) is 0 Å². The molecule has 0 fully saturated rings. The first-order chi connectivity index (χ1) is 11.5. The second-order valence-electron chi connectivity index (χ2n) is 5.13. The first-order valence-corrected chi connectivity index (χ1v) is 7.30. The first kappa shape index (κ1) is 17.4. The molecule has 0 saturated carbocycles. The summed E-state index contributed by atoms with van der Waals surface area (Å²) in [6.45, 7) is 1.30. The summed E-state index contributed by atoms with van der Waals surface area (Å²) < 4.78 is 26.5. The number of halogens is 2. The van der Waals surface area contributed by atoms with E-state index >= 15 is 0 Å². The zero-order chi connectivity index (χ0) is 17.5. The van der Waals surface area contributed by atoms with Crippen LogP contribution in [0.4, 0.5) is 19.3 Å². The number of urea groups is 1. The van der Waals surface area contributed by atoms with E-state index in [0.29, 0.717) is 5.69 Å². The standard InChI is InChI=1S/C17H17F2N3O2/c1-11(14-8-7-12(18)9-15(14)19)21-16(23)10-20-17(24)22-13-5-3-2-4-6-13/h2-9,11H,10H2,1H3,(H,21,23)(H2,20,22,24)/t11-/m0/s1. The number of amides is 3. The van der Waals surface area contributed by atoms with Crippen molar-refractivity contribution in [3.8, 4) is 0 Å². The zero-order valence-electron chi connectivity index (χ0n) is 13.0. The number of nitrogens with one attached hydrogen (secondary N) is 3. The van der Waals surface area contributed by atoms with Crippen LogP contribution in [-0.2, 0) is 4.79 Å². The molecular formula is C17H17F2N3O2. The van der Waals surface area contributed by atoms with Gasteiger partial charge in [-0.25, -0.2) is 13.6 Å². The molecule has 2 rings (SSSR count). The second kappa shape index (κ2) is 8.05. The van der Waals surface area contributed by atoms with Gasteiger partial charge in [-0.1, -0.05) is 24.3 Å². The molecule has 24 heavy (non-hydrogen) atoms. The monoisotopic (exact) mass is 333 g/mol. The molecule has 2 aromatic rings. The molecule has 0 heterocycles. The Hall–Kier alpha value is -2.96. The summed E-state index contributed by atoms with van der Waals surface area (Å²) in [5, 5.41) is 7.49. The van der Waals surface area contributed by atoms with Gasteiger partial charge in [0.15, 0.2) is 0 Å². The van der Waals surface area contributed by atoms with Gasteiger partial charge in [-0.2, -0.15) is 0 Å². The van der Waals surface area contributed by atoms with E-state index in [9.17, 15) is 18.4 Å². The van der Waals surface area contributed by atoms with Crippen LogP contribution >= 0.6 is 0 Å². The van der Waals surface area contributed by atoms with E-state index in [0.717, 1.165) is 12.1 Å². The van der Waals surface area contributed by atoms with Gasteiger partial charge in [0.05, 0.1) is 12.6 Å². The predicted octanol–water partition coefficient (Wildman–Crippen LogP) is 2.96. The molecule has 0 saturated heterocycles. The van der Waals surface area contributed by atoms with Crippen LogP contribution in [0.15, 0.2) is 48.5 Å². The molecule has 2 aromatic carbocycles. The SMILES string of the molecule is C[C@H](NC(=O)CNC(=O)Nc1ccccc1)c1ccc(F)cc1F. The van der Waals surface area contributed by atoms with Crippen molar-refractivity contribution in [2.24, 2.45) is 0 Å². The highest BCUT2D eigenvalue weighted by molar-refractivity contribution is 5.92. The number of carbonyl (C=O) groups is 2. The molecule has 0 aliphatic carbocycles. The third kappa shape index (κ3) is 5.05. The lowest BCUT2D eigenvalue weighted by molar-refractivity contribution is -0.120. The van der Waals surface area contributed by atoms with E-state index < -0.39 is 29.6 Å². The number of benzene rings is 2. The third-order valence-electron chi connectivity index (χ3n) is 3.25. The first-order valence-electron chi connectivity index (χ1n) is 7.30. The molecule has 0 aromatic heterocycles. The van der Waals surface area contributed by atoms with Crippen molar-refractivity contribution in [1.29, 1.82) is 0 Å². The number of anilines is 1. The van der Waals surface area contributed by atoms with Crippen molar-refractivity contribution in [2.45, 2.75) is 13.0 Å². The molecule has 0 unspecified atom stereocenters. The van der Waals surface area contributed by atoms with Crippen LogP contribution in [0.5, 0.6) is 0 Å². The molecule has 5 nitrogen and oxygen atoms in total. The van der Waals surface area contributed by atoms with E-state index in [1.165, 1.54) is 6.07 Å². The molecule has 0 aliphatic heterocycles. The lowest BCUT2D eigenvalue weighted by Crippen LogP contribution is -2.39. The van der Waals surface area contributed by atoms with Crippen LogP contribution in [0, 0.1) is 11.6 Å². The number of rotatable bonds is 5. The highest BCUT2D eigenvalue weighted by Crippen LogP contribution is 2.17. The largest absolute Gasteiger partial charge is 0.348 e. The van der Waals surface area contributed by atoms with Crippen molar-refractivity contribution in [3.05, 3.63) is 65.7 Å². The fourth-order valence-corrected chi connectivity index (χ4v) is 2.08. The Morgan fingerprint density at radius 3 is 2.46 bits per heavy atom. The molecule has 0 bridgehead atoms. The normalized spacial score (nSPS) is 11.5. The van der Waals surface area contributed by atoms with E-state index in [4.69, 9.17) is 0 Å². The van der Waals surface area contributed by atoms with Crippen LogP contribution in [0.2, 0.25) is 0 Å². The molecule has 7 heteroatoms. The number of hydrogen-bond donors (Lipinski definition) is 3. The van der Waals surface area contributed by atoms with Crippen LogP contribution in [0.3, 0.4) is 0 Å². The van der Waals surface area contributed by atoms with E-state index in [-0.39, 0.29) is 12.1 Å². The summed E-state index contributed by atoms with van der Waals surface area (Å²) in [7, 11) is 0. The van der Waals surface area contributed by atoms with Crippen LogP contribution < -0.4 is 16.0 Å². The quantitative estimate of drug-likeness (QED) is 0.787. The van der Waals surface area contributed by atoms with Crippen molar-refractivity contribution in [2.75, 3.05) is 11.9 Å². The minimum atomic E-state index is -0.738. The Bertz CT molecular complexity index is 723. The predicted molar refractivity (Wildman–Crippen MR) is 86.4 cm³/mol. The van der Waals surface area contributed by atoms with Crippen molar-refractivity contribution >= 4 is 17.6 Å². The Morgan fingerprint density at radius 2 is 1.79 bits per heavy atom. The smallest absolute Gasteiger partial charge is 0.319 e. The summed E-state index contributed by atoms with van der Waals surface area (Å²) in [5.74, 6) is -1.92. The van der Waals surface area contributed by atoms with Gasteiger partial charge >= 0.3 is 6.03 Å². The zero-order valence-corrected chi connectivity index (χ0v) is 13.0. The Morgan fingerprint density at radius 1 is 1.08 bits per heavy atom. The molecule has 3 amide bonds. The summed E-state index contributed by atoms with van der Waals surface area (Å²) in [5.41, 5.74) is 0.760. The number of hydrogen-bond acceptors (Lipinski definition) is 2. The maximum Gasteiger partial charge on any atom is 0.319 e. The van der Waals surface area contributed by atoms with Crippen LogP contribution in [0.1, 0.15) is 18.5 Å². The van der Waals surface area contributed by atoms with Gasteiger partial charge in [0.25, 0.3) is 0 Å². The van der Waals surface area contributed by atoms with Crippen LogP contribution in [-0.4, -0.2) is 18.5 Å². The van der Waals surface area contributed by atoms with E-state index in [2.05, 4.69) is 16.0 Å². The third-order valence-corrected chi connectivity index (χ3v) is 3.25. The Labute approximate surface area is 138 Å². The summed E-state index contributed by atoms with van der Waals surface area (Å²) in [4.78, 5) is 23.5. The summed E-state index contributed by atoms with van der Waals surface area (Å²) in [6, 6.07) is 10.7. The van der Waals surface area contributed by atoms with E-state index in [1.807, 2.05) is 6.07 Å². The summed E-state index contributed by atoms with van der Waals surface area (Å²) in [6.07, 6.45) is 0. The van der Waals surface area contributed by atoms with Gasteiger partial charge in [0.2, 0.25) is 5.91 Å².